The molecule has 0 fully saturated rings. The Hall–Kier alpha value is -1.86. The van der Waals surface area contributed by atoms with Crippen LogP contribution in [0, 0.1) is 0 Å². The number of hydrogen-bond donors (Lipinski definition) is 1. The van der Waals surface area contributed by atoms with Gasteiger partial charge in [0.2, 0.25) is 5.65 Å². The van der Waals surface area contributed by atoms with Crippen LogP contribution in [0.25, 0.3) is 5.65 Å². The van der Waals surface area contributed by atoms with Gasteiger partial charge < -0.3 is 19.5 Å². The highest BCUT2D eigenvalue weighted by Crippen LogP contribution is 2.18. The van der Waals surface area contributed by atoms with Gasteiger partial charge in [-0.25, -0.2) is 4.98 Å². The van der Waals surface area contributed by atoms with E-state index in [1.807, 2.05) is 23.7 Å². The summed E-state index contributed by atoms with van der Waals surface area (Å²) in [6.45, 7) is 5.16. The van der Waals surface area contributed by atoms with E-state index in [2.05, 4.69) is 15.3 Å². The summed E-state index contributed by atoms with van der Waals surface area (Å²) in [5.41, 5.74) is 0.705. The Balaban J connectivity index is 1.87. The van der Waals surface area contributed by atoms with E-state index in [4.69, 9.17) is 14.2 Å². The maximum Gasteiger partial charge on any atom is 0.260 e. The van der Waals surface area contributed by atoms with Crippen LogP contribution in [0.1, 0.15) is 13.3 Å². The molecule has 2 heterocycles. The van der Waals surface area contributed by atoms with Crippen molar-refractivity contribution in [2.45, 2.75) is 13.3 Å². The smallest absolute Gasteiger partial charge is 0.260 e. The lowest BCUT2D eigenvalue weighted by atomic mass is 10.5. The van der Waals surface area contributed by atoms with Crippen LogP contribution in [0.5, 0.6) is 5.88 Å². The fourth-order valence-electron chi connectivity index (χ4n) is 1.87. The van der Waals surface area contributed by atoms with Crippen molar-refractivity contribution >= 4 is 11.5 Å². The Morgan fingerprint density at radius 1 is 1.24 bits per heavy atom. The quantitative estimate of drug-likeness (QED) is 0.671. The normalized spacial score (nSPS) is 11.0. The predicted octanol–water partition coefficient (Wildman–Crippen LogP) is 1.59. The highest BCUT2D eigenvalue weighted by Gasteiger charge is 2.08. The number of rotatable bonds is 10. The Labute approximate surface area is 124 Å². The Kier molecular flexibility index (Phi) is 6.23. The summed E-state index contributed by atoms with van der Waals surface area (Å²) < 4.78 is 18.0. The van der Waals surface area contributed by atoms with E-state index in [1.165, 1.54) is 0 Å². The topological polar surface area (TPSA) is 69.9 Å². The molecule has 1 N–H and O–H groups in total. The first kappa shape index (κ1) is 15.5. The van der Waals surface area contributed by atoms with Crippen LogP contribution in [-0.2, 0) is 9.47 Å². The molecule has 116 valence electrons. The van der Waals surface area contributed by atoms with Crippen molar-refractivity contribution in [3.8, 4) is 5.88 Å². The van der Waals surface area contributed by atoms with Crippen LogP contribution in [-0.4, -0.2) is 54.5 Å². The molecule has 0 atom stereocenters. The van der Waals surface area contributed by atoms with Crippen molar-refractivity contribution in [3.05, 3.63) is 18.6 Å². The summed E-state index contributed by atoms with van der Waals surface area (Å²) in [5, 5.41) is 3.17. The lowest BCUT2D eigenvalue weighted by molar-refractivity contribution is 0.0798. The Morgan fingerprint density at radius 2 is 2.14 bits per heavy atom. The molecule has 0 spiro atoms. The monoisotopic (exact) mass is 294 g/mol. The molecule has 7 heteroatoms. The molecule has 0 aliphatic heterocycles. The maximum absolute atomic E-state index is 5.68. The first-order valence-electron chi connectivity index (χ1n) is 7.12. The molecule has 2 aromatic rings. The van der Waals surface area contributed by atoms with Crippen molar-refractivity contribution in [2.24, 2.45) is 0 Å². The van der Waals surface area contributed by atoms with Crippen molar-refractivity contribution in [2.75, 3.05) is 45.4 Å². The zero-order chi connectivity index (χ0) is 14.9. The minimum Gasteiger partial charge on any atom is -0.473 e. The maximum atomic E-state index is 5.68. The molecule has 0 unspecified atom stereocenters. The largest absolute Gasteiger partial charge is 0.473 e. The van der Waals surface area contributed by atoms with Crippen LogP contribution < -0.4 is 10.1 Å². The van der Waals surface area contributed by atoms with Crippen LogP contribution in [0.2, 0.25) is 0 Å². The molecule has 0 aromatic carbocycles. The average molecular weight is 294 g/mol. The molecular formula is C14H22N4O3. The summed E-state index contributed by atoms with van der Waals surface area (Å²) in [4.78, 5) is 8.67. The number of imidazole rings is 1. The van der Waals surface area contributed by atoms with Gasteiger partial charge in [0.1, 0.15) is 12.4 Å². The fourth-order valence-corrected chi connectivity index (χ4v) is 1.87. The van der Waals surface area contributed by atoms with E-state index in [0.717, 1.165) is 18.8 Å². The molecule has 0 saturated carbocycles. The molecule has 21 heavy (non-hydrogen) atoms. The minimum absolute atomic E-state index is 0.443. The van der Waals surface area contributed by atoms with Gasteiger partial charge in [-0.3, -0.25) is 4.40 Å². The first-order chi connectivity index (χ1) is 10.3. The molecular weight excluding hydrogens is 272 g/mol. The van der Waals surface area contributed by atoms with Crippen LogP contribution in [0.4, 0.5) is 5.82 Å². The molecule has 0 saturated heterocycles. The van der Waals surface area contributed by atoms with Crippen molar-refractivity contribution in [3.63, 3.8) is 0 Å². The van der Waals surface area contributed by atoms with Gasteiger partial charge in [0, 0.05) is 39.3 Å². The van der Waals surface area contributed by atoms with Gasteiger partial charge in [-0.1, -0.05) is 0 Å². The lowest BCUT2D eigenvalue weighted by Gasteiger charge is -2.10. The SMILES string of the molecule is CCNc1cn2ccnc2c(OCCOCCCOC)n1. The number of nitrogens with zero attached hydrogens (tertiary/aromatic N) is 3. The van der Waals surface area contributed by atoms with Gasteiger partial charge in [-0.15, -0.1) is 0 Å². The van der Waals surface area contributed by atoms with Gasteiger partial charge in [0.25, 0.3) is 5.88 Å². The van der Waals surface area contributed by atoms with E-state index < -0.39 is 0 Å². The molecule has 0 amide bonds. The third-order valence-electron chi connectivity index (χ3n) is 2.80. The van der Waals surface area contributed by atoms with Crippen LogP contribution in [0.15, 0.2) is 18.6 Å². The first-order valence-corrected chi connectivity index (χ1v) is 7.12. The summed E-state index contributed by atoms with van der Waals surface area (Å²) in [5.74, 6) is 1.28. The second kappa shape index (κ2) is 8.43. The van der Waals surface area contributed by atoms with E-state index in [0.29, 0.717) is 38.0 Å². The third-order valence-corrected chi connectivity index (χ3v) is 2.80. The van der Waals surface area contributed by atoms with Crippen molar-refractivity contribution in [1.82, 2.24) is 14.4 Å². The van der Waals surface area contributed by atoms with E-state index in [9.17, 15) is 0 Å². The second-order valence-electron chi connectivity index (χ2n) is 4.43. The van der Waals surface area contributed by atoms with Crippen LogP contribution in [0.3, 0.4) is 0 Å². The number of nitrogens with one attached hydrogen (secondary N) is 1. The molecule has 0 aliphatic carbocycles. The molecule has 0 aliphatic rings. The number of hydrogen-bond acceptors (Lipinski definition) is 6. The lowest BCUT2D eigenvalue weighted by Crippen LogP contribution is -2.11. The van der Waals surface area contributed by atoms with Gasteiger partial charge in [-0.2, -0.15) is 4.98 Å². The number of methoxy groups -OCH3 is 1. The number of fused-ring (bicyclic) bond motifs is 1. The highest BCUT2D eigenvalue weighted by molar-refractivity contribution is 5.53. The average Bonchev–Trinajstić information content (AvgIpc) is 2.95. The fraction of sp³-hybridized carbons (Fsp3) is 0.571. The van der Waals surface area contributed by atoms with Crippen molar-refractivity contribution < 1.29 is 14.2 Å². The number of anilines is 1. The van der Waals surface area contributed by atoms with E-state index >= 15 is 0 Å². The summed E-state index contributed by atoms with van der Waals surface area (Å²) in [6, 6.07) is 0. The molecule has 7 nitrogen and oxygen atoms in total. The zero-order valence-corrected chi connectivity index (χ0v) is 12.5. The minimum atomic E-state index is 0.443. The summed E-state index contributed by atoms with van der Waals surface area (Å²) in [7, 11) is 1.68. The highest BCUT2D eigenvalue weighted by atomic mass is 16.5. The van der Waals surface area contributed by atoms with Gasteiger partial charge in [0.05, 0.1) is 12.8 Å². The van der Waals surface area contributed by atoms with E-state index in [-0.39, 0.29) is 0 Å². The third kappa shape index (κ3) is 4.57. The predicted molar refractivity (Wildman–Crippen MR) is 80.0 cm³/mol. The van der Waals surface area contributed by atoms with Gasteiger partial charge >= 0.3 is 0 Å². The number of aromatic nitrogens is 3. The molecule has 2 aromatic heterocycles. The van der Waals surface area contributed by atoms with Crippen molar-refractivity contribution in [1.29, 1.82) is 0 Å². The molecule has 0 bridgehead atoms. The van der Waals surface area contributed by atoms with Gasteiger partial charge in [0.15, 0.2) is 0 Å². The summed E-state index contributed by atoms with van der Waals surface area (Å²) >= 11 is 0. The second-order valence-corrected chi connectivity index (χ2v) is 4.43. The van der Waals surface area contributed by atoms with Gasteiger partial charge in [-0.05, 0) is 13.3 Å². The Bertz CT molecular complexity index is 544. The Morgan fingerprint density at radius 3 is 2.95 bits per heavy atom. The summed E-state index contributed by atoms with van der Waals surface area (Å²) in [6.07, 6.45) is 6.36. The zero-order valence-electron chi connectivity index (χ0n) is 12.5. The van der Waals surface area contributed by atoms with Crippen LogP contribution >= 0.6 is 0 Å². The van der Waals surface area contributed by atoms with E-state index in [1.54, 1.807) is 13.3 Å². The molecule has 2 rings (SSSR count). The number of ether oxygens (including phenoxy) is 3. The molecule has 0 radical (unpaired) electrons. The standard InChI is InChI=1S/C14H22N4O3/c1-3-15-12-11-18-6-5-16-13(18)14(17-12)21-10-9-20-8-4-7-19-2/h5-6,11,15H,3-4,7-10H2,1-2H3.